The maximum absolute atomic E-state index is 12.6. The lowest BCUT2D eigenvalue weighted by Gasteiger charge is -2.47. The second-order valence-corrected chi connectivity index (χ2v) is 11.6. The van der Waals surface area contributed by atoms with Gasteiger partial charge in [-0.1, -0.05) is 43.6 Å². The van der Waals surface area contributed by atoms with E-state index in [1.165, 1.54) is 0 Å². The first kappa shape index (κ1) is 23.3. The summed E-state index contributed by atoms with van der Waals surface area (Å²) in [5, 5.41) is 18.1. The standard InChI is InChI=1S/C26H35ClN2O3/c1-16-5-8-20(19(27)11-16)28-22(31)10-9-21-23(18-6-7-18)24(32-29-21)26(15-30)13-17(14-26)12-25(2,3)4/h5,8,11,17-18,30H,6-7,9-10,12-15H2,1-4H3,(H,28,31). The molecule has 0 unspecified atom stereocenters. The quantitative estimate of drug-likeness (QED) is 0.496. The Balaban J connectivity index is 1.44. The van der Waals surface area contributed by atoms with Crippen LogP contribution in [0.3, 0.4) is 0 Å². The fourth-order valence-corrected chi connectivity index (χ4v) is 5.58. The number of nitrogens with zero attached hydrogens (tertiary/aromatic N) is 1. The number of anilines is 1. The molecule has 0 saturated heterocycles. The van der Waals surface area contributed by atoms with Crippen LogP contribution >= 0.6 is 11.6 Å². The van der Waals surface area contributed by atoms with Crippen LogP contribution in [0, 0.1) is 18.3 Å². The van der Waals surface area contributed by atoms with Gasteiger partial charge in [-0.3, -0.25) is 4.79 Å². The number of amides is 1. The summed E-state index contributed by atoms with van der Waals surface area (Å²) in [5.74, 6) is 1.84. The molecule has 1 aromatic heterocycles. The van der Waals surface area contributed by atoms with Gasteiger partial charge in [0, 0.05) is 18.4 Å². The molecular weight excluding hydrogens is 424 g/mol. The molecule has 2 saturated carbocycles. The van der Waals surface area contributed by atoms with Crippen molar-refractivity contribution in [3.63, 3.8) is 0 Å². The zero-order valence-electron chi connectivity index (χ0n) is 19.6. The second-order valence-electron chi connectivity index (χ2n) is 11.2. The van der Waals surface area contributed by atoms with Crippen molar-refractivity contribution < 1.29 is 14.4 Å². The van der Waals surface area contributed by atoms with Crippen molar-refractivity contribution in [1.82, 2.24) is 5.16 Å². The van der Waals surface area contributed by atoms with Crippen molar-refractivity contribution in [2.75, 3.05) is 11.9 Å². The molecule has 1 heterocycles. The number of benzene rings is 1. The molecule has 2 aliphatic carbocycles. The molecule has 32 heavy (non-hydrogen) atoms. The third-order valence-corrected chi connectivity index (χ3v) is 7.13. The molecule has 6 heteroatoms. The van der Waals surface area contributed by atoms with Crippen molar-refractivity contribution in [1.29, 1.82) is 0 Å². The number of hydrogen-bond acceptors (Lipinski definition) is 4. The van der Waals surface area contributed by atoms with Gasteiger partial charge in [-0.25, -0.2) is 0 Å². The van der Waals surface area contributed by atoms with Crippen LogP contribution in [0.4, 0.5) is 5.69 Å². The third kappa shape index (κ3) is 5.04. The summed E-state index contributed by atoms with van der Waals surface area (Å²) in [5.41, 5.74) is 3.69. The van der Waals surface area contributed by atoms with Crippen molar-refractivity contribution >= 4 is 23.2 Å². The summed E-state index contributed by atoms with van der Waals surface area (Å²) >= 11 is 6.24. The molecule has 2 aliphatic rings. The van der Waals surface area contributed by atoms with Gasteiger partial charge in [0.05, 0.1) is 28.4 Å². The van der Waals surface area contributed by atoms with Crippen molar-refractivity contribution in [2.45, 2.75) is 84.0 Å². The Morgan fingerprint density at radius 1 is 1.31 bits per heavy atom. The van der Waals surface area contributed by atoms with Gasteiger partial charge in [0.15, 0.2) is 0 Å². The smallest absolute Gasteiger partial charge is 0.224 e. The summed E-state index contributed by atoms with van der Waals surface area (Å²) in [6.45, 7) is 8.86. The Morgan fingerprint density at radius 2 is 2.03 bits per heavy atom. The van der Waals surface area contributed by atoms with E-state index in [-0.39, 0.29) is 23.3 Å². The van der Waals surface area contributed by atoms with E-state index in [0.29, 0.717) is 35.4 Å². The predicted octanol–water partition coefficient (Wildman–Crippen LogP) is 6.16. The summed E-state index contributed by atoms with van der Waals surface area (Å²) in [7, 11) is 0. The minimum atomic E-state index is -0.309. The number of carbonyl (C=O) groups excluding carboxylic acids is 1. The molecule has 2 N–H and O–H groups in total. The number of carbonyl (C=O) groups is 1. The number of nitrogens with one attached hydrogen (secondary N) is 1. The lowest BCUT2D eigenvalue weighted by atomic mass is 9.57. The minimum Gasteiger partial charge on any atom is -0.395 e. The first-order valence-electron chi connectivity index (χ1n) is 11.8. The lowest BCUT2D eigenvalue weighted by molar-refractivity contribution is -0.116. The van der Waals surface area contributed by atoms with Crippen LogP contribution in [-0.2, 0) is 16.6 Å². The highest BCUT2D eigenvalue weighted by Crippen LogP contribution is 2.55. The second kappa shape index (κ2) is 8.83. The molecule has 5 nitrogen and oxygen atoms in total. The highest BCUT2D eigenvalue weighted by molar-refractivity contribution is 6.33. The van der Waals surface area contributed by atoms with E-state index in [1.54, 1.807) is 0 Å². The molecule has 1 amide bonds. The Hall–Kier alpha value is -1.85. The van der Waals surface area contributed by atoms with E-state index in [0.717, 1.165) is 54.7 Å². The molecule has 1 aromatic carbocycles. The molecule has 0 bridgehead atoms. The fraction of sp³-hybridized carbons (Fsp3) is 0.615. The van der Waals surface area contributed by atoms with Crippen molar-refractivity contribution in [3.8, 4) is 0 Å². The van der Waals surface area contributed by atoms with Gasteiger partial charge in [-0.2, -0.15) is 0 Å². The fourth-order valence-electron chi connectivity index (χ4n) is 5.29. The Morgan fingerprint density at radius 3 is 2.62 bits per heavy atom. The normalized spacial score (nSPS) is 23.1. The molecule has 174 valence electrons. The van der Waals surface area contributed by atoms with Crippen LogP contribution < -0.4 is 5.32 Å². The van der Waals surface area contributed by atoms with E-state index in [2.05, 4.69) is 31.2 Å². The first-order valence-corrected chi connectivity index (χ1v) is 12.1. The molecule has 0 atom stereocenters. The molecule has 2 fully saturated rings. The van der Waals surface area contributed by atoms with Gasteiger partial charge in [0.25, 0.3) is 0 Å². The summed E-state index contributed by atoms with van der Waals surface area (Å²) in [6.07, 6.45) is 6.13. The van der Waals surface area contributed by atoms with E-state index >= 15 is 0 Å². The molecule has 2 aromatic rings. The SMILES string of the molecule is Cc1ccc(NC(=O)CCc2noc(C3(CO)CC(CC(C)(C)C)C3)c2C2CC2)c(Cl)c1. The summed E-state index contributed by atoms with van der Waals surface area (Å²) < 4.78 is 5.89. The number of aliphatic hydroxyl groups excluding tert-OH is 1. The van der Waals surface area contributed by atoms with Crippen LogP contribution in [-0.4, -0.2) is 22.8 Å². The van der Waals surface area contributed by atoms with Crippen LogP contribution in [0.1, 0.15) is 87.8 Å². The molecule has 0 radical (unpaired) electrons. The maximum Gasteiger partial charge on any atom is 0.224 e. The minimum absolute atomic E-state index is 0.0900. The predicted molar refractivity (Wildman–Crippen MR) is 127 cm³/mol. The van der Waals surface area contributed by atoms with Crippen molar-refractivity contribution in [2.24, 2.45) is 11.3 Å². The first-order chi connectivity index (χ1) is 15.1. The number of aryl methyl sites for hydroxylation is 2. The van der Waals surface area contributed by atoms with Crippen LogP contribution in [0.5, 0.6) is 0 Å². The number of aliphatic hydroxyl groups is 1. The van der Waals surface area contributed by atoms with Gasteiger partial charge in [-0.05, 0) is 74.0 Å². The third-order valence-electron chi connectivity index (χ3n) is 6.82. The number of rotatable bonds is 8. The Bertz CT molecular complexity index is 981. The number of hydrogen-bond donors (Lipinski definition) is 2. The van der Waals surface area contributed by atoms with E-state index in [1.807, 2.05) is 25.1 Å². The highest BCUT2D eigenvalue weighted by Gasteiger charge is 2.51. The number of aromatic nitrogens is 1. The van der Waals surface area contributed by atoms with Gasteiger partial charge in [-0.15, -0.1) is 0 Å². The topological polar surface area (TPSA) is 75.4 Å². The zero-order chi connectivity index (χ0) is 23.1. The van der Waals surface area contributed by atoms with Crippen LogP contribution in [0.25, 0.3) is 0 Å². The van der Waals surface area contributed by atoms with E-state index in [9.17, 15) is 9.90 Å². The van der Waals surface area contributed by atoms with E-state index < -0.39 is 0 Å². The van der Waals surface area contributed by atoms with Gasteiger partial charge in [0.1, 0.15) is 5.76 Å². The monoisotopic (exact) mass is 458 g/mol. The van der Waals surface area contributed by atoms with Crippen molar-refractivity contribution in [3.05, 3.63) is 45.8 Å². The molecule has 0 spiro atoms. The molecule has 4 rings (SSSR count). The lowest BCUT2D eigenvalue weighted by Crippen LogP contribution is -2.45. The van der Waals surface area contributed by atoms with E-state index in [4.69, 9.17) is 16.1 Å². The average molecular weight is 459 g/mol. The molecule has 0 aliphatic heterocycles. The van der Waals surface area contributed by atoms with Gasteiger partial charge < -0.3 is 14.9 Å². The highest BCUT2D eigenvalue weighted by atomic mass is 35.5. The van der Waals surface area contributed by atoms with Crippen LogP contribution in [0.15, 0.2) is 22.7 Å². The Labute approximate surface area is 195 Å². The summed E-state index contributed by atoms with van der Waals surface area (Å²) in [6, 6.07) is 5.59. The zero-order valence-corrected chi connectivity index (χ0v) is 20.4. The van der Waals surface area contributed by atoms with Gasteiger partial charge in [0.2, 0.25) is 5.91 Å². The largest absolute Gasteiger partial charge is 0.395 e. The Kier molecular flexibility index (Phi) is 6.43. The summed E-state index contributed by atoms with van der Waals surface area (Å²) in [4.78, 5) is 12.6. The van der Waals surface area contributed by atoms with Crippen LogP contribution in [0.2, 0.25) is 5.02 Å². The number of halogens is 1. The maximum atomic E-state index is 12.6. The molecular formula is C26H35ClN2O3. The average Bonchev–Trinajstić information content (AvgIpc) is 3.43. The van der Waals surface area contributed by atoms with Gasteiger partial charge >= 0.3 is 0 Å².